The van der Waals surface area contributed by atoms with Crippen molar-refractivity contribution in [2.24, 2.45) is 0 Å². The minimum Gasteiger partial charge on any atom is -0.315 e. The minimum absolute atomic E-state index is 0.00645. The maximum absolute atomic E-state index is 12.3. The van der Waals surface area contributed by atoms with Crippen LogP contribution in [0.4, 0.5) is 0 Å². The molecule has 0 aromatic carbocycles. The number of aromatic nitrogens is 1. The predicted octanol–water partition coefficient (Wildman–Crippen LogP) is 2.28. The van der Waals surface area contributed by atoms with Crippen molar-refractivity contribution in [1.29, 1.82) is 0 Å². The Morgan fingerprint density at radius 2 is 1.94 bits per heavy atom. The first-order chi connectivity index (χ1) is 7.91. The first-order valence-corrected chi connectivity index (χ1v) is 6.29. The largest absolute Gasteiger partial charge is 0.315 e. The molecule has 0 amide bonds. The molecule has 17 heavy (non-hydrogen) atoms. The number of hydrogen-bond acceptors (Lipinski definition) is 2. The second kappa shape index (κ2) is 5.50. The van der Waals surface area contributed by atoms with Gasteiger partial charge in [-0.2, -0.15) is 0 Å². The Morgan fingerprint density at radius 1 is 1.29 bits per heavy atom. The van der Waals surface area contributed by atoms with Crippen molar-refractivity contribution in [3.05, 3.63) is 33.7 Å². The normalized spacial score (nSPS) is 11.8. The molecule has 3 nitrogen and oxygen atoms in total. The molecule has 0 aliphatic carbocycles. The van der Waals surface area contributed by atoms with Gasteiger partial charge in [-0.1, -0.05) is 33.8 Å². The molecular weight excluding hydrogens is 212 g/mol. The highest BCUT2D eigenvalue weighted by Gasteiger charge is 2.19. The lowest BCUT2D eigenvalue weighted by atomic mass is 9.90. The van der Waals surface area contributed by atoms with Gasteiger partial charge in [0.05, 0.1) is 0 Å². The summed E-state index contributed by atoms with van der Waals surface area (Å²) in [5, 5.41) is 3.04. The van der Waals surface area contributed by atoms with Gasteiger partial charge in [0, 0.05) is 29.8 Å². The van der Waals surface area contributed by atoms with Crippen LogP contribution in [-0.4, -0.2) is 11.6 Å². The van der Waals surface area contributed by atoms with Crippen LogP contribution in [0.1, 0.15) is 45.4 Å². The predicted molar refractivity (Wildman–Crippen MR) is 72.5 cm³/mol. The first-order valence-electron chi connectivity index (χ1n) is 6.29. The summed E-state index contributed by atoms with van der Waals surface area (Å²) in [4.78, 5) is 12.3. The summed E-state index contributed by atoms with van der Waals surface area (Å²) in [6.07, 6.45) is 0.978. The fourth-order valence-corrected chi connectivity index (χ4v) is 2.05. The van der Waals surface area contributed by atoms with E-state index in [1.807, 2.05) is 17.7 Å². The molecule has 0 aliphatic rings. The van der Waals surface area contributed by atoms with Gasteiger partial charge < -0.3 is 9.88 Å². The zero-order valence-corrected chi connectivity index (χ0v) is 11.6. The molecule has 1 N–H and O–H groups in total. The van der Waals surface area contributed by atoms with Crippen LogP contribution in [0.15, 0.2) is 16.9 Å². The molecule has 1 aromatic rings. The van der Waals surface area contributed by atoms with Crippen LogP contribution in [0.3, 0.4) is 0 Å². The number of hydrogen-bond donors (Lipinski definition) is 1. The molecule has 1 heterocycles. The van der Waals surface area contributed by atoms with E-state index in [1.165, 1.54) is 0 Å². The molecule has 0 spiro atoms. The summed E-state index contributed by atoms with van der Waals surface area (Å²) in [6, 6.07) is 4.04. The maximum atomic E-state index is 12.3. The molecule has 0 saturated heterocycles. The van der Waals surface area contributed by atoms with Crippen molar-refractivity contribution < 1.29 is 0 Å². The van der Waals surface area contributed by atoms with Gasteiger partial charge in [-0.05, 0) is 19.5 Å². The standard InChI is InChI=1S/C14H24N2O/c1-6-9-16-12(14(2,3)4)8-7-11(10-15-5)13(16)17/h7-8,15H,6,9-10H2,1-5H3. The average molecular weight is 236 g/mol. The second-order valence-electron chi connectivity index (χ2n) is 5.48. The highest BCUT2D eigenvalue weighted by Crippen LogP contribution is 2.21. The van der Waals surface area contributed by atoms with Crippen LogP contribution in [0, 0.1) is 0 Å². The highest BCUT2D eigenvalue weighted by atomic mass is 16.1. The van der Waals surface area contributed by atoms with E-state index in [0.717, 1.165) is 24.2 Å². The van der Waals surface area contributed by atoms with Crippen molar-refractivity contribution in [2.75, 3.05) is 7.05 Å². The van der Waals surface area contributed by atoms with Crippen LogP contribution >= 0.6 is 0 Å². The van der Waals surface area contributed by atoms with E-state index in [1.54, 1.807) is 0 Å². The number of nitrogens with one attached hydrogen (secondary N) is 1. The lowest BCUT2D eigenvalue weighted by molar-refractivity contribution is 0.494. The van der Waals surface area contributed by atoms with Gasteiger partial charge in [0.25, 0.3) is 5.56 Å². The zero-order valence-electron chi connectivity index (χ0n) is 11.6. The molecule has 1 aromatic heterocycles. The van der Waals surface area contributed by atoms with Gasteiger partial charge in [0.2, 0.25) is 0 Å². The number of nitrogens with zero attached hydrogens (tertiary/aromatic N) is 1. The Balaban J connectivity index is 3.34. The SMILES string of the molecule is CCCn1c(C(C)(C)C)ccc(CNC)c1=O. The van der Waals surface area contributed by atoms with Crippen molar-refractivity contribution in [3.8, 4) is 0 Å². The first kappa shape index (κ1) is 14.0. The quantitative estimate of drug-likeness (QED) is 0.870. The van der Waals surface area contributed by atoms with E-state index >= 15 is 0 Å². The van der Waals surface area contributed by atoms with Gasteiger partial charge in [-0.15, -0.1) is 0 Å². The molecule has 3 heteroatoms. The summed E-state index contributed by atoms with van der Waals surface area (Å²) in [7, 11) is 1.86. The third-order valence-corrected chi connectivity index (χ3v) is 2.84. The Hall–Kier alpha value is -1.09. The third-order valence-electron chi connectivity index (χ3n) is 2.84. The Labute approximate surface area is 104 Å². The number of pyridine rings is 1. The molecule has 0 fully saturated rings. The molecular formula is C14H24N2O. The Bertz CT molecular complexity index is 427. The molecule has 96 valence electrons. The molecule has 0 bridgehead atoms. The molecule has 1 rings (SSSR count). The molecule has 0 aliphatic heterocycles. The Morgan fingerprint density at radius 3 is 2.41 bits per heavy atom. The summed E-state index contributed by atoms with van der Waals surface area (Å²) in [5.74, 6) is 0. The van der Waals surface area contributed by atoms with E-state index in [0.29, 0.717) is 6.54 Å². The highest BCUT2D eigenvalue weighted by molar-refractivity contribution is 5.21. The lowest BCUT2D eigenvalue weighted by Crippen LogP contribution is -2.32. The molecule has 0 unspecified atom stereocenters. The third kappa shape index (κ3) is 3.19. The van der Waals surface area contributed by atoms with Gasteiger partial charge in [-0.25, -0.2) is 0 Å². The maximum Gasteiger partial charge on any atom is 0.255 e. The van der Waals surface area contributed by atoms with E-state index in [4.69, 9.17) is 0 Å². The van der Waals surface area contributed by atoms with Gasteiger partial charge >= 0.3 is 0 Å². The fraction of sp³-hybridized carbons (Fsp3) is 0.643. The van der Waals surface area contributed by atoms with Crippen LogP contribution in [0.25, 0.3) is 0 Å². The van der Waals surface area contributed by atoms with Crippen LogP contribution in [0.2, 0.25) is 0 Å². The summed E-state index contributed by atoms with van der Waals surface area (Å²) >= 11 is 0. The summed E-state index contributed by atoms with van der Waals surface area (Å²) in [5.41, 5.74) is 2.11. The topological polar surface area (TPSA) is 34.0 Å². The van der Waals surface area contributed by atoms with Gasteiger partial charge in [0.1, 0.15) is 0 Å². The second-order valence-corrected chi connectivity index (χ2v) is 5.48. The van der Waals surface area contributed by atoms with E-state index in [9.17, 15) is 4.79 Å². The van der Waals surface area contributed by atoms with Crippen LogP contribution in [0.5, 0.6) is 0 Å². The average Bonchev–Trinajstić information content (AvgIpc) is 2.22. The summed E-state index contributed by atoms with van der Waals surface area (Å²) < 4.78 is 1.92. The molecule has 0 radical (unpaired) electrons. The van der Waals surface area contributed by atoms with Gasteiger partial charge in [0.15, 0.2) is 0 Å². The smallest absolute Gasteiger partial charge is 0.255 e. The summed E-state index contributed by atoms with van der Waals surface area (Å²) in [6.45, 7) is 9.96. The fourth-order valence-electron chi connectivity index (χ4n) is 2.05. The molecule has 0 saturated carbocycles. The van der Waals surface area contributed by atoms with Crippen molar-refractivity contribution in [3.63, 3.8) is 0 Å². The van der Waals surface area contributed by atoms with Crippen molar-refractivity contribution in [2.45, 2.75) is 52.6 Å². The zero-order chi connectivity index (χ0) is 13.1. The lowest BCUT2D eigenvalue weighted by Gasteiger charge is -2.24. The molecule has 0 atom stereocenters. The van der Waals surface area contributed by atoms with Crippen LogP contribution < -0.4 is 10.9 Å². The van der Waals surface area contributed by atoms with E-state index in [2.05, 4.69) is 39.1 Å². The monoisotopic (exact) mass is 236 g/mol. The van der Waals surface area contributed by atoms with Crippen molar-refractivity contribution in [1.82, 2.24) is 9.88 Å². The minimum atomic E-state index is 0.00645. The van der Waals surface area contributed by atoms with E-state index < -0.39 is 0 Å². The van der Waals surface area contributed by atoms with Crippen LogP contribution in [-0.2, 0) is 18.5 Å². The van der Waals surface area contributed by atoms with Crippen molar-refractivity contribution >= 4 is 0 Å². The van der Waals surface area contributed by atoms with Gasteiger partial charge in [-0.3, -0.25) is 4.79 Å². The Kier molecular flexibility index (Phi) is 4.52. The number of rotatable bonds is 4. The van der Waals surface area contributed by atoms with E-state index in [-0.39, 0.29) is 11.0 Å².